The van der Waals surface area contributed by atoms with Gasteiger partial charge in [0.15, 0.2) is 0 Å². The third-order valence-corrected chi connectivity index (χ3v) is 9.52. The van der Waals surface area contributed by atoms with Crippen molar-refractivity contribution in [3.8, 4) is 0 Å². The van der Waals surface area contributed by atoms with E-state index >= 15 is 0 Å². The van der Waals surface area contributed by atoms with Crippen LogP contribution in [0.25, 0.3) is 0 Å². The Morgan fingerprint density at radius 2 is 1.41 bits per heavy atom. The van der Waals surface area contributed by atoms with Crippen molar-refractivity contribution in [1.82, 2.24) is 10.2 Å². The molecule has 2 amide bonds. The fourth-order valence-electron chi connectivity index (χ4n) is 4.82. The normalized spacial score (nSPS) is 12.0. The maximum atomic E-state index is 14.5. The van der Waals surface area contributed by atoms with E-state index in [1.54, 1.807) is 67.6 Å². The number of amides is 2. The molecule has 44 heavy (non-hydrogen) atoms. The molecule has 0 spiro atoms. The number of benzene rings is 4. The molecule has 10 heteroatoms. The summed E-state index contributed by atoms with van der Waals surface area (Å²) in [4.78, 5) is 29.7. The summed E-state index contributed by atoms with van der Waals surface area (Å²) in [5, 5.41) is 3.84. The Morgan fingerprint density at radius 1 is 0.795 bits per heavy atom. The van der Waals surface area contributed by atoms with Gasteiger partial charge in [0.05, 0.1) is 10.6 Å². The van der Waals surface area contributed by atoms with Crippen molar-refractivity contribution in [3.63, 3.8) is 0 Å². The van der Waals surface area contributed by atoms with E-state index in [2.05, 4.69) is 5.32 Å². The van der Waals surface area contributed by atoms with Gasteiger partial charge in [-0.05, 0) is 73.9 Å². The van der Waals surface area contributed by atoms with Crippen molar-refractivity contribution < 1.29 is 18.0 Å². The molecule has 4 rings (SSSR count). The number of nitrogens with one attached hydrogen (secondary N) is 1. The molecule has 0 saturated carbocycles. The van der Waals surface area contributed by atoms with Gasteiger partial charge in [0.25, 0.3) is 10.0 Å². The van der Waals surface area contributed by atoms with Crippen LogP contribution in [0.2, 0.25) is 10.0 Å². The SMILES string of the molecule is Cc1c(Cl)cccc1N(CC(=O)N(Cc1ccc(Cl)cc1)C(Cc1ccccc1)C(=O)NC(C)C)S(=O)(=O)c1ccccc1. The summed E-state index contributed by atoms with van der Waals surface area (Å²) in [7, 11) is -4.22. The molecule has 4 aromatic rings. The van der Waals surface area contributed by atoms with Gasteiger partial charge in [-0.3, -0.25) is 13.9 Å². The molecule has 0 bridgehead atoms. The van der Waals surface area contributed by atoms with Gasteiger partial charge < -0.3 is 10.2 Å². The number of sulfonamides is 1. The molecule has 1 N–H and O–H groups in total. The van der Waals surface area contributed by atoms with Gasteiger partial charge >= 0.3 is 0 Å². The lowest BCUT2D eigenvalue weighted by Gasteiger charge is -2.34. The minimum atomic E-state index is -4.22. The first-order chi connectivity index (χ1) is 21.0. The first kappa shape index (κ1) is 33.1. The van der Waals surface area contributed by atoms with Crippen LogP contribution in [0, 0.1) is 6.92 Å². The summed E-state index contributed by atoms with van der Waals surface area (Å²) in [5.74, 6) is -0.902. The Labute approximate surface area is 269 Å². The highest BCUT2D eigenvalue weighted by atomic mass is 35.5. The lowest BCUT2D eigenvalue weighted by atomic mass is 10.0. The number of carbonyl (C=O) groups excluding carboxylic acids is 2. The van der Waals surface area contributed by atoms with Crippen molar-refractivity contribution in [3.05, 3.63) is 130 Å². The highest BCUT2D eigenvalue weighted by Gasteiger charge is 2.35. The van der Waals surface area contributed by atoms with E-state index in [0.29, 0.717) is 15.6 Å². The molecule has 1 unspecified atom stereocenters. The van der Waals surface area contributed by atoms with E-state index in [4.69, 9.17) is 23.2 Å². The van der Waals surface area contributed by atoms with E-state index in [0.717, 1.165) is 15.4 Å². The van der Waals surface area contributed by atoms with Crippen molar-refractivity contribution in [2.45, 2.75) is 50.7 Å². The highest BCUT2D eigenvalue weighted by Crippen LogP contribution is 2.31. The predicted octanol–water partition coefficient (Wildman–Crippen LogP) is 6.66. The summed E-state index contributed by atoms with van der Waals surface area (Å²) >= 11 is 12.6. The molecule has 0 heterocycles. The van der Waals surface area contributed by atoms with Crippen molar-refractivity contribution in [2.24, 2.45) is 0 Å². The second kappa shape index (κ2) is 14.8. The second-order valence-corrected chi connectivity index (χ2v) is 13.4. The van der Waals surface area contributed by atoms with Crippen LogP contribution in [0.4, 0.5) is 5.69 Å². The Kier molecular flexibility index (Phi) is 11.1. The molecule has 0 radical (unpaired) electrons. The number of halogens is 2. The molecule has 0 aromatic heterocycles. The Bertz CT molecular complexity index is 1680. The zero-order chi connectivity index (χ0) is 31.9. The van der Waals surface area contributed by atoms with E-state index in [1.165, 1.54) is 17.0 Å². The van der Waals surface area contributed by atoms with Gasteiger partial charge in [0.1, 0.15) is 12.6 Å². The average molecular weight is 653 g/mol. The van der Waals surface area contributed by atoms with Crippen LogP contribution in [0.3, 0.4) is 0 Å². The van der Waals surface area contributed by atoms with Gasteiger partial charge in [-0.25, -0.2) is 8.42 Å². The summed E-state index contributed by atoms with van der Waals surface area (Å²) < 4.78 is 29.3. The Morgan fingerprint density at radius 3 is 2.02 bits per heavy atom. The van der Waals surface area contributed by atoms with Crippen LogP contribution >= 0.6 is 23.2 Å². The molecule has 4 aromatic carbocycles. The Balaban J connectivity index is 1.82. The first-order valence-corrected chi connectivity index (χ1v) is 16.4. The molecule has 0 aliphatic carbocycles. The lowest BCUT2D eigenvalue weighted by Crippen LogP contribution is -2.54. The molecule has 0 aliphatic rings. The van der Waals surface area contributed by atoms with Crippen LogP contribution in [0.1, 0.15) is 30.5 Å². The fourth-order valence-corrected chi connectivity index (χ4v) is 6.61. The van der Waals surface area contributed by atoms with E-state index in [-0.39, 0.29) is 35.5 Å². The fraction of sp³-hybridized carbons (Fsp3) is 0.235. The minimum absolute atomic E-state index is 0.0230. The third-order valence-electron chi connectivity index (χ3n) is 7.09. The predicted molar refractivity (Wildman–Crippen MR) is 176 cm³/mol. The number of rotatable bonds is 12. The zero-order valence-electron chi connectivity index (χ0n) is 24.8. The van der Waals surface area contributed by atoms with Gasteiger partial charge in [-0.2, -0.15) is 0 Å². The maximum absolute atomic E-state index is 14.5. The van der Waals surface area contributed by atoms with E-state index in [1.807, 2.05) is 44.2 Å². The summed E-state index contributed by atoms with van der Waals surface area (Å²) in [6.07, 6.45) is 0.223. The monoisotopic (exact) mass is 651 g/mol. The first-order valence-electron chi connectivity index (χ1n) is 14.2. The molecular weight excluding hydrogens is 617 g/mol. The van der Waals surface area contributed by atoms with E-state index in [9.17, 15) is 18.0 Å². The van der Waals surface area contributed by atoms with Crippen LogP contribution in [-0.2, 0) is 32.6 Å². The van der Waals surface area contributed by atoms with Crippen molar-refractivity contribution >= 4 is 50.7 Å². The van der Waals surface area contributed by atoms with E-state index < -0.39 is 28.5 Å². The van der Waals surface area contributed by atoms with Gasteiger partial charge in [0.2, 0.25) is 11.8 Å². The molecular formula is C34H35Cl2N3O4S. The number of anilines is 1. The topological polar surface area (TPSA) is 86.8 Å². The standard InChI is InChI=1S/C34H35Cl2N3O4S/c1-24(2)37-34(41)32(21-26-11-6-4-7-12-26)38(22-27-17-19-28(35)20-18-27)33(40)23-39(31-16-10-15-30(36)25(31)3)44(42,43)29-13-8-5-9-14-29/h4-20,24,32H,21-23H2,1-3H3,(H,37,41). The average Bonchev–Trinajstić information content (AvgIpc) is 3.00. The van der Waals surface area contributed by atoms with Crippen molar-refractivity contribution in [1.29, 1.82) is 0 Å². The maximum Gasteiger partial charge on any atom is 0.264 e. The number of hydrogen-bond acceptors (Lipinski definition) is 4. The zero-order valence-corrected chi connectivity index (χ0v) is 27.1. The molecule has 1 atom stereocenters. The van der Waals surface area contributed by atoms with Crippen LogP contribution in [-0.4, -0.2) is 43.8 Å². The van der Waals surface area contributed by atoms with Gasteiger partial charge in [0, 0.05) is 29.1 Å². The third kappa shape index (κ3) is 8.20. The lowest BCUT2D eigenvalue weighted by molar-refractivity contribution is -0.140. The van der Waals surface area contributed by atoms with Gasteiger partial charge in [-0.15, -0.1) is 0 Å². The number of hydrogen-bond donors (Lipinski definition) is 1. The molecule has 230 valence electrons. The summed E-state index contributed by atoms with van der Waals surface area (Å²) in [6, 6.07) is 28.1. The second-order valence-electron chi connectivity index (χ2n) is 10.7. The largest absolute Gasteiger partial charge is 0.352 e. The van der Waals surface area contributed by atoms with Crippen molar-refractivity contribution in [2.75, 3.05) is 10.8 Å². The molecule has 7 nitrogen and oxygen atoms in total. The molecule has 0 aliphatic heterocycles. The van der Waals surface area contributed by atoms with Crippen LogP contribution < -0.4 is 9.62 Å². The smallest absolute Gasteiger partial charge is 0.264 e. The van der Waals surface area contributed by atoms with Crippen LogP contribution in [0.15, 0.2) is 108 Å². The van der Waals surface area contributed by atoms with Gasteiger partial charge in [-0.1, -0.05) is 89.9 Å². The highest BCUT2D eigenvalue weighted by molar-refractivity contribution is 7.92. The number of carbonyl (C=O) groups is 2. The number of nitrogens with zero attached hydrogens (tertiary/aromatic N) is 2. The molecule has 0 fully saturated rings. The Hall–Kier alpha value is -3.85. The minimum Gasteiger partial charge on any atom is -0.352 e. The quantitative estimate of drug-likeness (QED) is 0.186. The molecule has 0 saturated heterocycles. The summed E-state index contributed by atoms with van der Waals surface area (Å²) in [6.45, 7) is 4.88. The van der Waals surface area contributed by atoms with Crippen LogP contribution in [0.5, 0.6) is 0 Å². The summed E-state index contributed by atoms with van der Waals surface area (Å²) in [5.41, 5.74) is 2.36.